The van der Waals surface area contributed by atoms with Crippen molar-refractivity contribution in [3.63, 3.8) is 0 Å². The number of anilines is 1. The van der Waals surface area contributed by atoms with E-state index in [2.05, 4.69) is 12.1 Å². The summed E-state index contributed by atoms with van der Waals surface area (Å²) in [6.07, 6.45) is 0.539. The number of hydrogen-bond acceptors (Lipinski definition) is 2. The molecule has 5 rings (SSSR count). The molecule has 0 saturated carbocycles. The quantitative estimate of drug-likeness (QED) is 0.337. The maximum atomic E-state index is 14.4. The van der Waals surface area contributed by atoms with E-state index in [0.717, 1.165) is 33.7 Å². The first kappa shape index (κ1) is 21.3. The molecule has 33 heavy (non-hydrogen) atoms. The van der Waals surface area contributed by atoms with Gasteiger partial charge in [-0.1, -0.05) is 84.4 Å². The average molecular weight is 454 g/mol. The van der Waals surface area contributed by atoms with Crippen molar-refractivity contribution < 1.29 is 9.53 Å². The van der Waals surface area contributed by atoms with E-state index in [1.165, 1.54) is 0 Å². The predicted molar refractivity (Wildman–Crippen MR) is 133 cm³/mol. The van der Waals surface area contributed by atoms with Gasteiger partial charge in [0.2, 0.25) is 5.91 Å². The Morgan fingerprint density at radius 2 is 1.45 bits per heavy atom. The summed E-state index contributed by atoms with van der Waals surface area (Å²) >= 11 is 6.49. The smallest absolute Gasteiger partial charge is 0.242 e. The lowest BCUT2D eigenvalue weighted by atomic mass is 9.71. The van der Waals surface area contributed by atoms with E-state index < -0.39 is 5.41 Å². The van der Waals surface area contributed by atoms with E-state index >= 15 is 0 Å². The second kappa shape index (κ2) is 8.76. The van der Waals surface area contributed by atoms with Crippen molar-refractivity contribution >= 4 is 23.2 Å². The third kappa shape index (κ3) is 3.79. The van der Waals surface area contributed by atoms with E-state index in [1.54, 1.807) is 7.11 Å². The molecule has 0 saturated heterocycles. The predicted octanol–water partition coefficient (Wildman–Crippen LogP) is 6.42. The number of nitrogens with zero attached hydrogens (tertiary/aromatic N) is 1. The monoisotopic (exact) mass is 453 g/mol. The Morgan fingerprint density at radius 3 is 2.09 bits per heavy atom. The number of halogens is 1. The van der Waals surface area contributed by atoms with Crippen molar-refractivity contribution in [2.75, 3.05) is 12.0 Å². The Balaban J connectivity index is 1.71. The third-order valence-electron chi connectivity index (χ3n) is 6.40. The second-order valence-corrected chi connectivity index (χ2v) is 8.77. The molecule has 164 valence electrons. The van der Waals surface area contributed by atoms with Gasteiger partial charge < -0.3 is 9.64 Å². The molecule has 4 aromatic rings. The second-order valence-electron chi connectivity index (χ2n) is 8.33. The molecule has 0 radical (unpaired) electrons. The van der Waals surface area contributed by atoms with Crippen LogP contribution in [-0.2, 0) is 23.2 Å². The summed E-state index contributed by atoms with van der Waals surface area (Å²) in [5.41, 5.74) is 4.05. The lowest BCUT2D eigenvalue weighted by molar-refractivity contribution is -0.122. The molecular weight excluding hydrogens is 430 g/mol. The first-order valence-electron chi connectivity index (χ1n) is 11.0. The van der Waals surface area contributed by atoms with Crippen LogP contribution in [0.5, 0.6) is 5.75 Å². The minimum absolute atomic E-state index is 0.0534. The largest absolute Gasteiger partial charge is 0.497 e. The molecule has 1 heterocycles. The number of carbonyl (C=O) groups excluding carboxylic acids is 1. The van der Waals surface area contributed by atoms with Gasteiger partial charge in [-0.25, -0.2) is 0 Å². The molecule has 4 heteroatoms. The van der Waals surface area contributed by atoms with Crippen LogP contribution in [0, 0.1) is 0 Å². The molecule has 0 aliphatic carbocycles. The number of methoxy groups -OCH3 is 1. The van der Waals surface area contributed by atoms with E-state index in [1.807, 2.05) is 95.9 Å². The van der Waals surface area contributed by atoms with Crippen molar-refractivity contribution in [1.82, 2.24) is 0 Å². The molecule has 0 fully saturated rings. The number of carbonyl (C=O) groups is 1. The first-order chi connectivity index (χ1) is 16.1. The summed E-state index contributed by atoms with van der Waals surface area (Å²) in [7, 11) is 1.64. The Bertz CT molecular complexity index is 1270. The third-order valence-corrected chi connectivity index (χ3v) is 6.63. The van der Waals surface area contributed by atoms with Gasteiger partial charge in [-0.15, -0.1) is 0 Å². The standard InChI is InChI=1S/C29H24ClNO2/c1-33-25-15-12-23(13-16-25)29(19-21-8-4-2-5-9-21)26-18-24(30)14-17-27(26)31(28(29)32)20-22-10-6-3-7-11-22/h2-18H,19-20H2,1H3. The lowest BCUT2D eigenvalue weighted by Crippen LogP contribution is -2.42. The molecule has 4 aromatic carbocycles. The van der Waals surface area contributed by atoms with E-state index in [0.29, 0.717) is 18.0 Å². The van der Waals surface area contributed by atoms with Crippen LogP contribution in [0.25, 0.3) is 0 Å². The van der Waals surface area contributed by atoms with Crippen LogP contribution >= 0.6 is 11.6 Å². The number of hydrogen-bond donors (Lipinski definition) is 0. The molecule has 0 bridgehead atoms. The highest BCUT2D eigenvalue weighted by atomic mass is 35.5. The highest BCUT2D eigenvalue weighted by Gasteiger charge is 2.52. The van der Waals surface area contributed by atoms with E-state index in [9.17, 15) is 4.79 Å². The zero-order valence-corrected chi connectivity index (χ0v) is 19.1. The van der Waals surface area contributed by atoms with Crippen LogP contribution in [0.15, 0.2) is 103 Å². The Labute approximate surface area is 199 Å². The molecular formula is C29H24ClNO2. The fourth-order valence-electron chi connectivity index (χ4n) is 4.79. The molecule has 1 unspecified atom stereocenters. The molecule has 1 aliphatic heterocycles. The number of benzene rings is 4. The summed E-state index contributed by atoms with van der Waals surface area (Å²) in [5, 5.41) is 0.619. The number of fused-ring (bicyclic) bond motifs is 1. The van der Waals surface area contributed by atoms with E-state index in [4.69, 9.17) is 16.3 Å². The van der Waals surface area contributed by atoms with Gasteiger partial charge in [0.05, 0.1) is 13.7 Å². The maximum absolute atomic E-state index is 14.4. The molecule has 0 aromatic heterocycles. The average Bonchev–Trinajstić information content (AvgIpc) is 3.08. The minimum Gasteiger partial charge on any atom is -0.497 e. The van der Waals surface area contributed by atoms with Gasteiger partial charge in [0, 0.05) is 10.7 Å². The summed E-state index contributed by atoms with van der Waals surface area (Å²) in [4.78, 5) is 16.3. The highest BCUT2D eigenvalue weighted by molar-refractivity contribution is 6.31. The first-order valence-corrected chi connectivity index (χ1v) is 11.3. The zero-order chi connectivity index (χ0) is 22.8. The number of rotatable bonds is 6. The number of amides is 1. The van der Waals surface area contributed by atoms with Crippen molar-refractivity contribution in [3.8, 4) is 5.75 Å². The fourth-order valence-corrected chi connectivity index (χ4v) is 4.96. The molecule has 0 spiro atoms. The van der Waals surface area contributed by atoms with Crippen LogP contribution in [0.1, 0.15) is 22.3 Å². The molecule has 1 amide bonds. The van der Waals surface area contributed by atoms with Gasteiger partial charge in [0.15, 0.2) is 0 Å². The van der Waals surface area contributed by atoms with Gasteiger partial charge in [0.1, 0.15) is 11.2 Å². The summed E-state index contributed by atoms with van der Waals surface area (Å²) < 4.78 is 5.38. The lowest BCUT2D eigenvalue weighted by Gasteiger charge is -2.30. The van der Waals surface area contributed by atoms with Crippen LogP contribution in [0.2, 0.25) is 5.02 Å². The molecule has 3 nitrogen and oxygen atoms in total. The van der Waals surface area contributed by atoms with Crippen molar-refractivity contribution in [1.29, 1.82) is 0 Å². The topological polar surface area (TPSA) is 29.5 Å². The summed E-state index contributed by atoms with van der Waals surface area (Å²) in [6.45, 7) is 0.501. The van der Waals surface area contributed by atoms with Gasteiger partial charge >= 0.3 is 0 Å². The fraction of sp³-hybridized carbons (Fsp3) is 0.138. The molecule has 1 atom stereocenters. The Morgan fingerprint density at radius 1 is 0.818 bits per heavy atom. The van der Waals surface area contributed by atoms with Crippen molar-refractivity contribution in [2.24, 2.45) is 0 Å². The van der Waals surface area contributed by atoms with Crippen molar-refractivity contribution in [2.45, 2.75) is 18.4 Å². The Kier molecular flexibility index (Phi) is 5.65. The normalized spacial score (nSPS) is 17.2. The Hall–Kier alpha value is -3.56. The zero-order valence-electron chi connectivity index (χ0n) is 18.4. The van der Waals surface area contributed by atoms with Crippen LogP contribution < -0.4 is 9.64 Å². The summed E-state index contributed by atoms with van der Waals surface area (Å²) in [6, 6.07) is 33.8. The van der Waals surface area contributed by atoms with Crippen LogP contribution in [0.3, 0.4) is 0 Å². The van der Waals surface area contributed by atoms with E-state index in [-0.39, 0.29) is 5.91 Å². The highest BCUT2D eigenvalue weighted by Crippen LogP contribution is 2.49. The SMILES string of the molecule is COc1ccc(C2(Cc3ccccc3)C(=O)N(Cc3ccccc3)c3ccc(Cl)cc32)cc1. The number of ether oxygens (including phenoxy) is 1. The van der Waals surface area contributed by atoms with Gasteiger partial charge in [-0.05, 0) is 59.0 Å². The van der Waals surface area contributed by atoms with Crippen molar-refractivity contribution in [3.05, 3.63) is 130 Å². The summed E-state index contributed by atoms with van der Waals surface area (Å²) in [5.74, 6) is 0.809. The van der Waals surface area contributed by atoms with Gasteiger partial charge in [-0.2, -0.15) is 0 Å². The molecule has 0 N–H and O–H groups in total. The maximum Gasteiger partial charge on any atom is 0.242 e. The van der Waals surface area contributed by atoms with Gasteiger partial charge in [-0.3, -0.25) is 4.79 Å². The van der Waals surface area contributed by atoms with Crippen LogP contribution in [-0.4, -0.2) is 13.0 Å². The minimum atomic E-state index is -0.886. The molecule has 1 aliphatic rings. The van der Waals surface area contributed by atoms with Gasteiger partial charge in [0.25, 0.3) is 0 Å². The van der Waals surface area contributed by atoms with Crippen LogP contribution in [0.4, 0.5) is 5.69 Å².